The standard InChI is InChI=1S/C13H17NO2/c1-13(12(15)16)8-5-9-14(13)10-11-6-3-2-4-7-11/h2-4,6-7H,5,8-10H2,1H3,(H,15,16)/t13-/m0/s1. The Morgan fingerprint density at radius 2 is 2.12 bits per heavy atom. The Bertz CT molecular complexity index is 377. The minimum absolute atomic E-state index is 0.685. The van der Waals surface area contributed by atoms with Gasteiger partial charge in [-0.3, -0.25) is 9.69 Å². The summed E-state index contributed by atoms with van der Waals surface area (Å²) in [6, 6.07) is 10.0. The van der Waals surface area contributed by atoms with Gasteiger partial charge in [0.05, 0.1) is 0 Å². The van der Waals surface area contributed by atoms with Crippen molar-refractivity contribution in [1.29, 1.82) is 0 Å². The van der Waals surface area contributed by atoms with Gasteiger partial charge in [0, 0.05) is 6.54 Å². The normalized spacial score (nSPS) is 25.8. The van der Waals surface area contributed by atoms with E-state index in [-0.39, 0.29) is 0 Å². The lowest BCUT2D eigenvalue weighted by Crippen LogP contribution is -2.47. The molecule has 0 radical (unpaired) electrons. The molecule has 0 aromatic heterocycles. The van der Waals surface area contributed by atoms with Crippen LogP contribution in [0.25, 0.3) is 0 Å². The predicted molar refractivity (Wildman–Crippen MR) is 62.1 cm³/mol. The van der Waals surface area contributed by atoms with E-state index >= 15 is 0 Å². The van der Waals surface area contributed by atoms with Crippen LogP contribution in [0.5, 0.6) is 0 Å². The van der Waals surface area contributed by atoms with Gasteiger partial charge < -0.3 is 5.11 Å². The summed E-state index contributed by atoms with van der Waals surface area (Å²) in [5, 5.41) is 9.28. The molecular formula is C13H17NO2. The molecule has 2 rings (SSSR count). The minimum atomic E-state index is -0.707. The third-order valence-electron chi connectivity index (χ3n) is 3.47. The van der Waals surface area contributed by atoms with E-state index in [4.69, 9.17) is 0 Å². The van der Waals surface area contributed by atoms with Crippen molar-refractivity contribution in [2.24, 2.45) is 0 Å². The van der Waals surface area contributed by atoms with Crippen molar-refractivity contribution in [3.63, 3.8) is 0 Å². The maximum Gasteiger partial charge on any atom is 0.323 e. The molecule has 1 aromatic carbocycles. The zero-order valence-corrected chi connectivity index (χ0v) is 9.52. The van der Waals surface area contributed by atoms with Crippen molar-refractivity contribution in [1.82, 2.24) is 4.90 Å². The Morgan fingerprint density at radius 1 is 1.44 bits per heavy atom. The molecule has 0 amide bonds. The van der Waals surface area contributed by atoms with Gasteiger partial charge in [0.15, 0.2) is 0 Å². The van der Waals surface area contributed by atoms with Gasteiger partial charge in [-0.25, -0.2) is 0 Å². The third kappa shape index (κ3) is 1.95. The fraction of sp³-hybridized carbons (Fsp3) is 0.462. The lowest BCUT2D eigenvalue weighted by atomic mass is 9.99. The zero-order valence-electron chi connectivity index (χ0n) is 9.52. The molecule has 1 heterocycles. The number of benzene rings is 1. The average molecular weight is 219 g/mol. The first kappa shape index (κ1) is 11.1. The molecule has 1 aromatic rings. The predicted octanol–water partition coefficient (Wildman–Crippen LogP) is 2.13. The lowest BCUT2D eigenvalue weighted by Gasteiger charge is -2.31. The second-order valence-electron chi connectivity index (χ2n) is 4.59. The number of rotatable bonds is 3. The van der Waals surface area contributed by atoms with Crippen molar-refractivity contribution in [2.45, 2.75) is 31.8 Å². The summed E-state index contributed by atoms with van der Waals surface area (Å²) in [5.74, 6) is -0.707. The maximum absolute atomic E-state index is 11.3. The van der Waals surface area contributed by atoms with E-state index in [1.165, 1.54) is 5.56 Å². The van der Waals surface area contributed by atoms with Gasteiger partial charge in [0.1, 0.15) is 5.54 Å². The SMILES string of the molecule is C[C@@]1(C(=O)O)CCCN1Cc1ccccc1. The van der Waals surface area contributed by atoms with E-state index in [1.807, 2.05) is 37.3 Å². The Hall–Kier alpha value is -1.35. The highest BCUT2D eigenvalue weighted by Gasteiger charge is 2.42. The highest BCUT2D eigenvalue weighted by atomic mass is 16.4. The van der Waals surface area contributed by atoms with Crippen LogP contribution in [0.3, 0.4) is 0 Å². The van der Waals surface area contributed by atoms with Gasteiger partial charge in [0.2, 0.25) is 0 Å². The largest absolute Gasteiger partial charge is 0.480 e. The van der Waals surface area contributed by atoms with E-state index in [9.17, 15) is 9.90 Å². The van der Waals surface area contributed by atoms with Gasteiger partial charge in [-0.1, -0.05) is 30.3 Å². The van der Waals surface area contributed by atoms with E-state index in [1.54, 1.807) is 0 Å². The van der Waals surface area contributed by atoms with Crippen LogP contribution in [0.1, 0.15) is 25.3 Å². The molecule has 1 aliphatic rings. The van der Waals surface area contributed by atoms with E-state index in [0.717, 1.165) is 25.9 Å². The molecular weight excluding hydrogens is 202 g/mol. The fourth-order valence-corrected chi connectivity index (χ4v) is 2.32. The van der Waals surface area contributed by atoms with Gasteiger partial charge in [0.25, 0.3) is 0 Å². The topological polar surface area (TPSA) is 40.5 Å². The Labute approximate surface area is 95.7 Å². The molecule has 16 heavy (non-hydrogen) atoms. The van der Waals surface area contributed by atoms with Crippen LogP contribution in [-0.2, 0) is 11.3 Å². The van der Waals surface area contributed by atoms with Gasteiger partial charge in [-0.2, -0.15) is 0 Å². The number of carboxylic acid groups (broad SMARTS) is 1. The summed E-state index contributed by atoms with van der Waals surface area (Å²) in [5.41, 5.74) is 0.493. The molecule has 3 nitrogen and oxygen atoms in total. The molecule has 1 N–H and O–H groups in total. The van der Waals surface area contributed by atoms with E-state index < -0.39 is 11.5 Å². The number of hydrogen-bond donors (Lipinski definition) is 1. The second-order valence-corrected chi connectivity index (χ2v) is 4.59. The summed E-state index contributed by atoms with van der Waals surface area (Å²) in [4.78, 5) is 13.3. The van der Waals surface area contributed by atoms with Crippen LogP contribution >= 0.6 is 0 Å². The molecule has 1 atom stereocenters. The molecule has 0 bridgehead atoms. The maximum atomic E-state index is 11.3. The first-order chi connectivity index (χ1) is 7.63. The van der Waals surface area contributed by atoms with Gasteiger partial charge in [-0.05, 0) is 31.9 Å². The minimum Gasteiger partial charge on any atom is -0.480 e. The number of hydrogen-bond acceptors (Lipinski definition) is 2. The van der Waals surface area contributed by atoms with Gasteiger partial charge >= 0.3 is 5.97 Å². The Morgan fingerprint density at radius 3 is 2.75 bits per heavy atom. The summed E-state index contributed by atoms with van der Waals surface area (Å²) < 4.78 is 0. The van der Waals surface area contributed by atoms with Crippen LogP contribution in [0, 0.1) is 0 Å². The third-order valence-corrected chi connectivity index (χ3v) is 3.47. The van der Waals surface area contributed by atoms with Crippen LogP contribution in [0.15, 0.2) is 30.3 Å². The van der Waals surface area contributed by atoms with Crippen molar-refractivity contribution in [3.8, 4) is 0 Å². The van der Waals surface area contributed by atoms with Crippen molar-refractivity contribution < 1.29 is 9.90 Å². The fourth-order valence-electron chi connectivity index (χ4n) is 2.32. The number of nitrogens with zero attached hydrogens (tertiary/aromatic N) is 1. The van der Waals surface area contributed by atoms with Crippen LogP contribution in [0.4, 0.5) is 0 Å². The molecule has 3 heteroatoms. The summed E-state index contributed by atoms with van der Waals surface area (Å²) in [6.07, 6.45) is 1.71. The van der Waals surface area contributed by atoms with Gasteiger partial charge in [-0.15, -0.1) is 0 Å². The smallest absolute Gasteiger partial charge is 0.323 e. The molecule has 1 saturated heterocycles. The molecule has 1 aliphatic heterocycles. The zero-order chi connectivity index (χ0) is 11.6. The highest BCUT2D eigenvalue weighted by molar-refractivity contribution is 5.78. The Kier molecular flexibility index (Phi) is 2.97. The van der Waals surface area contributed by atoms with Crippen molar-refractivity contribution in [3.05, 3.63) is 35.9 Å². The van der Waals surface area contributed by atoms with E-state index in [0.29, 0.717) is 0 Å². The quantitative estimate of drug-likeness (QED) is 0.846. The summed E-state index contributed by atoms with van der Waals surface area (Å²) >= 11 is 0. The van der Waals surface area contributed by atoms with Crippen LogP contribution in [-0.4, -0.2) is 28.1 Å². The summed E-state index contributed by atoms with van der Waals surface area (Å²) in [7, 11) is 0. The first-order valence-electron chi connectivity index (χ1n) is 5.65. The molecule has 0 saturated carbocycles. The molecule has 1 fully saturated rings. The van der Waals surface area contributed by atoms with Crippen molar-refractivity contribution >= 4 is 5.97 Å². The second kappa shape index (κ2) is 4.26. The van der Waals surface area contributed by atoms with E-state index in [2.05, 4.69) is 4.90 Å². The highest BCUT2D eigenvalue weighted by Crippen LogP contribution is 2.30. The number of likely N-dealkylation sites (tertiary alicyclic amines) is 1. The molecule has 86 valence electrons. The number of carbonyl (C=O) groups is 1. The monoisotopic (exact) mass is 219 g/mol. The lowest BCUT2D eigenvalue weighted by molar-refractivity contribution is -0.148. The molecule has 0 unspecified atom stereocenters. The molecule has 0 spiro atoms. The van der Waals surface area contributed by atoms with Crippen molar-refractivity contribution in [2.75, 3.05) is 6.54 Å². The van der Waals surface area contributed by atoms with Crippen LogP contribution < -0.4 is 0 Å². The number of carboxylic acids is 1. The summed E-state index contributed by atoms with van der Waals surface area (Å²) in [6.45, 7) is 3.42. The average Bonchev–Trinajstić information content (AvgIpc) is 2.63. The number of aliphatic carboxylic acids is 1. The molecule has 0 aliphatic carbocycles. The first-order valence-corrected chi connectivity index (χ1v) is 5.65. The van der Waals surface area contributed by atoms with Crippen LogP contribution in [0.2, 0.25) is 0 Å². The Balaban J connectivity index is 2.13.